The Morgan fingerprint density at radius 3 is 2.13 bits per heavy atom. The average Bonchev–Trinajstić information content (AvgIpc) is 2.35. The number of carbonyl (C=O) groups excluding carboxylic acids is 1. The summed E-state index contributed by atoms with van der Waals surface area (Å²) in [7, 11) is -3.27. The van der Waals surface area contributed by atoms with Crippen LogP contribution >= 0.6 is 0 Å². The lowest BCUT2D eigenvalue weighted by Crippen LogP contribution is -2.56. The monoisotopic (exact) mass is 351 g/mol. The first-order chi connectivity index (χ1) is 10.4. The van der Waals surface area contributed by atoms with E-state index < -0.39 is 33.7 Å². The number of carboxylic acid groups (broad SMARTS) is 1. The molecule has 0 aromatic heterocycles. The van der Waals surface area contributed by atoms with Crippen molar-refractivity contribution in [3.05, 3.63) is 0 Å². The van der Waals surface area contributed by atoms with Crippen LogP contribution in [0.15, 0.2) is 0 Å². The third-order valence-corrected chi connectivity index (χ3v) is 4.61. The van der Waals surface area contributed by atoms with Crippen molar-refractivity contribution in [1.82, 2.24) is 14.5 Å². The molecule has 9 nitrogen and oxygen atoms in total. The first kappa shape index (κ1) is 19.7. The second kappa shape index (κ2) is 7.45. The van der Waals surface area contributed by atoms with Gasteiger partial charge in [0.25, 0.3) is 0 Å². The second-order valence-electron chi connectivity index (χ2n) is 6.43. The standard InChI is InChI=1S/C13H25N3O6S/c1-13(2,3)22-12(19)14-9-10(11(17)18)15-5-7-16(8-6-15)23(4,20)21/h10H,5-9H2,1-4H3,(H,14,19)(H,17,18). The number of ether oxygens (including phenoxy) is 1. The van der Waals surface area contributed by atoms with Gasteiger partial charge in [0.05, 0.1) is 6.26 Å². The molecule has 0 spiro atoms. The summed E-state index contributed by atoms with van der Waals surface area (Å²) in [6.45, 7) is 6.08. The normalized spacial score (nSPS) is 19.1. The first-order valence-electron chi connectivity index (χ1n) is 7.29. The number of hydrogen-bond donors (Lipinski definition) is 2. The molecule has 0 saturated carbocycles. The van der Waals surface area contributed by atoms with Gasteiger partial charge in [-0.1, -0.05) is 0 Å². The smallest absolute Gasteiger partial charge is 0.407 e. The fraction of sp³-hybridized carbons (Fsp3) is 0.846. The minimum Gasteiger partial charge on any atom is -0.480 e. The Balaban J connectivity index is 2.57. The number of alkyl carbamates (subject to hydrolysis) is 1. The number of aliphatic carboxylic acids is 1. The molecule has 1 fully saturated rings. The number of carbonyl (C=O) groups is 2. The summed E-state index contributed by atoms with van der Waals surface area (Å²) in [5.74, 6) is -1.08. The number of nitrogens with zero attached hydrogens (tertiary/aromatic N) is 2. The maximum atomic E-state index is 11.6. The highest BCUT2D eigenvalue weighted by atomic mass is 32.2. The predicted octanol–water partition coefficient (Wildman–Crippen LogP) is -0.458. The Morgan fingerprint density at radius 1 is 1.22 bits per heavy atom. The molecule has 2 N–H and O–H groups in total. The molecule has 1 unspecified atom stereocenters. The van der Waals surface area contributed by atoms with Crippen LogP contribution in [0.5, 0.6) is 0 Å². The molecule has 10 heteroatoms. The van der Waals surface area contributed by atoms with E-state index in [9.17, 15) is 23.1 Å². The van der Waals surface area contributed by atoms with Crippen LogP contribution in [0.1, 0.15) is 20.8 Å². The molecule has 0 aromatic rings. The van der Waals surface area contributed by atoms with Gasteiger partial charge in [-0.2, -0.15) is 4.31 Å². The second-order valence-corrected chi connectivity index (χ2v) is 8.42. The Morgan fingerprint density at radius 2 is 1.74 bits per heavy atom. The Hall–Kier alpha value is -1.39. The number of sulfonamides is 1. The molecule has 1 aliphatic heterocycles. The molecule has 1 aliphatic rings. The van der Waals surface area contributed by atoms with Crippen LogP contribution in [0, 0.1) is 0 Å². The lowest BCUT2D eigenvalue weighted by molar-refractivity contribution is -0.143. The molecular formula is C13H25N3O6S. The molecule has 1 heterocycles. The van der Waals surface area contributed by atoms with Crippen LogP contribution in [0.3, 0.4) is 0 Å². The van der Waals surface area contributed by atoms with Crippen molar-refractivity contribution in [1.29, 1.82) is 0 Å². The van der Waals surface area contributed by atoms with E-state index in [4.69, 9.17) is 4.74 Å². The third-order valence-electron chi connectivity index (χ3n) is 3.31. The molecular weight excluding hydrogens is 326 g/mol. The Kier molecular flexibility index (Phi) is 6.37. The molecule has 0 aromatic carbocycles. The highest BCUT2D eigenvalue weighted by Gasteiger charge is 2.32. The number of carboxylic acids is 1. The van der Waals surface area contributed by atoms with E-state index in [1.54, 1.807) is 25.7 Å². The van der Waals surface area contributed by atoms with Crippen LogP contribution < -0.4 is 5.32 Å². The summed E-state index contributed by atoms with van der Waals surface area (Å²) < 4.78 is 29.3. The van der Waals surface area contributed by atoms with Crippen LogP contribution in [0.2, 0.25) is 0 Å². The number of nitrogens with one attached hydrogen (secondary N) is 1. The molecule has 23 heavy (non-hydrogen) atoms. The van der Waals surface area contributed by atoms with Crippen LogP contribution in [-0.2, 0) is 19.6 Å². The van der Waals surface area contributed by atoms with Crippen LogP contribution in [0.4, 0.5) is 4.79 Å². The minimum atomic E-state index is -3.27. The SMILES string of the molecule is CC(C)(C)OC(=O)NCC(C(=O)O)N1CCN(S(C)(=O)=O)CC1. The van der Waals surface area contributed by atoms with Crippen molar-refractivity contribution < 1.29 is 27.9 Å². The number of amides is 1. The predicted molar refractivity (Wildman–Crippen MR) is 83.7 cm³/mol. The van der Waals surface area contributed by atoms with Crippen molar-refractivity contribution in [3.8, 4) is 0 Å². The van der Waals surface area contributed by atoms with Crippen molar-refractivity contribution in [3.63, 3.8) is 0 Å². The largest absolute Gasteiger partial charge is 0.480 e. The van der Waals surface area contributed by atoms with E-state index in [0.717, 1.165) is 6.26 Å². The van der Waals surface area contributed by atoms with Gasteiger partial charge in [-0.25, -0.2) is 13.2 Å². The highest BCUT2D eigenvalue weighted by Crippen LogP contribution is 2.10. The first-order valence-corrected chi connectivity index (χ1v) is 9.14. The summed E-state index contributed by atoms with van der Waals surface area (Å²) in [6, 6.07) is -0.927. The topological polar surface area (TPSA) is 116 Å². The summed E-state index contributed by atoms with van der Waals surface area (Å²) >= 11 is 0. The van der Waals surface area contributed by atoms with Gasteiger partial charge < -0.3 is 15.2 Å². The minimum absolute atomic E-state index is 0.108. The van der Waals surface area contributed by atoms with Gasteiger partial charge in [-0.3, -0.25) is 9.69 Å². The zero-order chi connectivity index (χ0) is 17.8. The molecule has 1 saturated heterocycles. The molecule has 0 bridgehead atoms. The lowest BCUT2D eigenvalue weighted by atomic mass is 10.2. The molecule has 1 amide bonds. The van der Waals surface area contributed by atoms with E-state index in [0.29, 0.717) is 13.1 Å². The summed E-state index contributed by atoms with van der Waals surface area (Å²) in [6.07, 6.45) is 0.444. The zero-order valence-electron chi connectivity index (χ0n) is 13.9. The molecule has 0 aliphatic carbocycles. The van der Waals surface area contributed by atoms with Gasteiger partial charge in [0.15, 0.2) is 0 Å². The van der Waals surface area contributed by atoms with E-state index in [1.165, 1.54) is 4.31 Å². The van der Waals surface area contributed by atoms with Gasteiger partial charge in [-0.15, -0.1) is 0 Å². The lowest BCUT2D eigenvalue weighted by Gasteiger charge is -2.36. The molecule has 134 valence electrons. The highest BCUT2D eigenvalue weighted by molar-refractivity contribution is 7.88. The summed E-state index contributed by atoms with van der Waals surface area (Å²) in [5, 5.41) is 11.8. The van der Waals surface area contributed by atoms with Gasteiger partial charge in [0, 0.05) is 32.7 Å². The van der Waals surface area contributed by atoms with Crippen molar-refractivity contribution >= 4 is 22.1 Å². The number of piperazine rings is 1. The van der Waals surface area contributed by atoms with Crippen LogP contribution in [-0.4, -0.2) is 85.4 Å². The van der Waals surface area contributed by atoms with Crippen molar-refractivity contribution in [2.24, 2.45) is 0 Å². The number of rotatable bonds is 5. The van der Waals surface area contributed by atoms with E-state index in [1.807, 2.05) is 0 Å². The summed E-state index contributed by atoms with van der Waals surface area (Å²) in [4.78, 5) is 24.7. The van der Waals surface area contributed by atoms with Crippen molar-refractivity contribution in [2.75, 3.05) is 39.0 Å². The average molecular weight is 351 g/mol. The zero-order valence-corrected chi connectivity index (χ0v) is 14.7. The quantitative estimate of drug-likeness (QED) is 0.688. The van der Waals surface area contributed by atoms with E-state index >= 15 is 0 Å². The van der Waals surface area contributed by atoms with E-state index in [2.05, 4.69) is 5.32 Å². The van der Waals surface area contributed by atoms with Gasteiger partial charge >= 0.3 is 12.1 Å². The van der Waals surface area contributed by atoms with Gasteiger partial charge in [0.1, 0.15) is 11.6 Å². The maximum absolute atomic E-state index is 11.6. The van der Waals surface area contributed by atoms with Gasteiger partial charge in [0.2, 0.25) is 10.0 Å². The van der Waals surface area contributed by atoms with Gasteiger partial charge in [-0.05, 0) is 20.8 Å². The Labute approximate surface area is 136 Å². The molecule has 1 rings (SSSR count). The molecule has 1 atom stereocenters. The maximum Gasteiger partial charge on any atom is 0.407 e. The molecule has 0 radical (unpaired) electrons. The fourth-order valence-electron chi connectivity index (χ4n) is 2.21. The third kappa shape index (κ3) is 6.71. The summed E-state index contributed by atoms with van der Waals surface area (Å²) in [5.41, 5.74) is -0.663. The number of hydrogen-bond acceptors (Lipinski definition) is 6. The fourth-order valence-corrected chi connectivity index (χ4v) is 3.04. The van der Waals surface area contributed by atoms with Crippen molar-refractivity contribution in [2.45, 2.75) is 32.4 Å². The Bertz CT molecular complexity index is 534. The van der Waals surface area contributed by atoms with Crippen LogP contribution in [0.25, 0.3) is 0 Å². The van der Waals surface area contributed by atoms with E-state index in [-0.39, 0.29) is 19.6 Å².